The summed E-state index contributed by atoms with van der Waals surface area (Å²) in [6.07, 6.45) is 0. The summed E-state index contributed by atoms with van der Waals surface area (Å²) in [6.45, 7) is 4.11. The minimum atomic E-state index is -0.380. The molecule has 0 bridgehead atoms. The van der Waals surface area contributed by atoms with Crippen LogP contribution in [0, 0.1) is 13.8 Å². The lowest BCUT2D eigenvalue weighted by Gasteiger charge is -2.11. The van der Waals surface area contributed by atoms with E-state index in [-0.39, 0.29) is 12.8 Å². The highest BCUT2D eigenvalue weighted by atomic mass is 35.5. The van der Waals surface area contributed by atoms with Gasteiger partial charge in [0.25, 0.3) is 0 Å². The Bertz CT molecular complexity index is 704. The Morgan fingerprint density at radius 2 is 1.91 bits per heavy atom. The van der Waals surface area contributed by atoms with E-state index >= 15 is 0 Å². The van der Waals surface area contributed by atoms with Gasteiger partial charge in [-0.05, 0) is 55.3 Å². The third-order valence-corrected chi connectivity index (χ3v) is 3.65. The molecule has 0 heterocycles. The molecule has 0 saturated carbocycles. The number of rotatable bonds is 5. The van der Waals surface area contributed by atoms with E-state index < -0.39 is 0 Å². The molecule has 0 saturated heterocycles. The Morgan fingerprint density at radius 3 is 2.57 bits per heavy atom. The van der Waals surface area contributed by atoms with E-state index in [9.17, 15) is 4.79 Å². The maximum absolute atomic E-state index is 11.8. The molecule has 0 spiro atoms. The number of amides is 2. The van der Waals surface area contributed by atoms with Gasteiger partial charge >= 0.3 is 6.03 Å². The highest BCUT2D eigenvalue weighted by Crippen LogP contribution is 2.27. The topological polar surface area (TPSA) is 59.6 Å². The molecule has 2 N–H and O–H groups in total. The molecule has 0 atom stereocenters. The third-order valence-electron chi connectivity index (χ3n) is 3.36. The second-order valence-corrected chi connectivity index (χ2v) is 5.42. The van der Waals surface area contributed by atoms with Gasteiger partial charge in [-0.2, -0.15) is 0 Å². The molecule has 0 aliphatic heterocycles. The van der Waals surface area contributed by atoms with E-state index in [1.807, 2.05) is 32.0 Å². The van der Waals surface area contributed by atoms with Gasteiger partial charge in [0.15, 0.2) is 6.73 Å². The van der Waals surface area contributed by atoms with E-state index in [0.29, 0.717) is 22.2 Å². The molecule has 122 valence electrons. The number of methoxy groups -OCH3 is 1. The predicted molar refractivity (Wildman–Crippen MR) is 91.6 cm³/mol. The van der Waals surface area contributed by atoms with Crippen molar-refractivity contribution >= 4 is 23.3 Å². The van der Waals surface area contributed by atoms with Gasteiger partial charge in [-0.15, -0.1) is 0 Å². The average Bonchev–Trinajstić information content (AvgIpc) is 2.51. The number of urea groups is 1. The standard InChI is InChI=1S/C17H19ClN2O3/c1-11-4-6-14(8-12(11)2)23-10-19-17(21)20-13-5-7-16(22-3)15(18)9-13/h4-9H,10H2,1-3H3,(H2,19,20,21). The van der Waals surface area contributed by atoms with Gasteiger partial charge in [0.1, 0.15) is 11.5 Å². The van der Waals surface area contributed by atoms with Gasteiger partial charge in [0.05, 0.1) is 12.1 Å². The SMILES string of the molecule is COc1ccc(NC(=O)NCOc2ccc(C)c(C)c2)cc1Cl. The van der Waals surface area contributed by atoms with Crippen molar-refractivity contribution in [2.45, 2.75) is 13.8 Å². The maximum atomic E-state index is 11.8. The molecule has 2 rings (SSSR count). The summed E-state index contributed by atoms with van der Waals surface area (Å²) in [5, 5.41) is 5.71. The quantitative estimate of drug-likeness (QED) is 0.808. The van der Waals surface area contributed by atoms with Crippen LogP contribution in [-0.4, -0.2) is 19.9 Å². The van der Waals surface area contributed by atoms with Crippen LogP contribution in [0.1, 0.15) is 11.1 Å². The molecule has 0 aromatic heterocycles. The lowest BCUT2D eigenvalue weighted by Crippen LogP contribution is -2.32. The van der Waals surface area contributed by atoms with Crippen molar-refractivity contribution in [1.82, 2.24) is 5.32 Å². The van der Waals surface area contributed by atoms with E-state index in [4.69, 9.17) is 21.1 Å². The Morgan fingerprint density at radius 1 is 1.13 bits per heavy atom. The fourth-order valence-electron chi connectivity index (χ4n) is 1.91. The van der Waals surface area contributed by atoms with E-state index in [1.165, 1.54) is 12.7 Å². The highest BCUT2D eigenvalue weighted by molar-refractivity contribution is 6.32. The van der Waals surface area contributed by atoms with E-state index in [0.717, 1.165) is 5.56 Å². The Labute approximate surface area is 140 Å². The summed E-state index contributed by atoms with van der Waals surface area (Å²) < 4.78 is 10.5. The molecule has 0 aliphatic carbocycles. The molecule has 23 heavy (non-hydrogen) atoms. The van der Waals surface area contributed by atoms with Crippen molar-refractivity contribution in [1.29, 1.82) is 0 Å². The van der Waals surface area contributed by atoms with Crippen LogP contribution in [0.4, 0.5) is 10.5 Å². The zero-order valence-electron chi connectivity index (χ0n) is 13.3. The largest absolute Gasteiger partial charge is 0.495 e. The number of ether oxygens (including phenoxy) is 2. The summed E-state index contributed by atoms with van der Waals surface area (Å²) in [5.41, 5.74) is 2.90. The van der Waals surface area contributed by atoms with Crippen LogP contribution >= 0.6 is 11.6 Å². The molecule has 0 unspecified atom stereocenters. The highest BCUT2D eigenvalue weighted by Gasteiger charge is 2.05. The first kappa shape index (κ1) is 17.0. The summed E-state index contributed by atoms with van der Waals surface area (Å²) in [5.74, 6) is 1.26. The van der Waals surface area contributed by atoms with Crippen molar-refractivity contribution in [2.24, 2.45) is 0 Å². The molecule has 0 radical (unpaired) electrons. The fourth-order valence-corrected chi connectivity index (χ4v) is 2.17. The van der Waals surface area contributed by atoms with Gasteiger partial charge in [-0.25, -0.2) is 4.79 Å². The van der Waals surface area contributed by atoms with E-state index in [1.54, 1.807) is 18.2 Å². The normalized spacial score (nSPS) is 10.1. The summed E-state index contributed by atoms with van der Waals surface area (Å²) in [7, 11) is 1.53. The molecule has 5 nitrogen and oxygen atoms in total. The Kier molecular flexibility index (Phi) is 5.71. The number of hydrogen-bond acceptors (Lipinski definition) is 3. The smallest absolute Gasteiger partial charge is 0.321 e. The van der Waals surface area contributed by atoms with Crippen molar-refractivity contribution in [2.75, 3.05) is 19.2 Å². The molecule has 2 amide bonds. The maximum Gasteiger partial charge on any atom is 0.321 e. The summed E-state index contributed by atoms with van der Waals surface area (Å²) >= 11 is 6.00. The van der Waals surface area contributed by atoms with E-state index in [2.05, 4.69) is 10.6 Å². The molecule has 0 fully saturated rings. The van der Waals surface area contributed by atoms with Gasteiger partial charge in [0, 0.05) is 5.69 Å². The Balaban J connectivity index is 1.83. The molecule has 2 aromatic carbocycles. The second-order valence-electron chi connectivity index (χ2n) is 5.01. The minimum Gasteiger partial charge on any atom is -0.495 e. The van der Waals surface area contributed by atoms with Crippen molar-refractivity contribution in [3.05, 3.63) is 52.5 Å². The van der Waals surface area contributed by atoms with Gasteiger partial charge < -0.3 is 20.1 Å². The Hall–Kier alpha value is -2.40. The van der Waals surface area contributed by atoms with Gasteiger partial charge in [-0.1, -0.05) is 17.7 Å². The van der Waals surface area contributed by atoms with Crippen LogP contribution in [0.15, 0.2) is 36.4 Å². The average molecular weight is 335 g/mol. The zero-order chi connectivity index (χ0) is 16.8. The zero-order valence-corrected chi connectivity index (χ0v) is 14.0. The predicted octanol–water partition coefficient (Wildman–Crippen LogP) is 4.12. The van der Waals surface area contributed by atoms with Gasteiger partial charge in [0.2, 0.25) is 0 Å². The van der Waals surface area contributed by atoms with Gasteiger partial charge in [-0.3, -0.25) is 0 Å². The molecular formula is C17H19ClN2O3. The number of benzene rings is 2. The molecule has 0 aliphatic rings. The summed E-state index contributed by atoms with van der Waals surface area (Å²) in [4.78, 5) is 11.8. The molecule has 6 heteroatoms. The number of carbonyl (C=O) groups is 1. The third kappa shape index (κ3) is 4.79. The number of anilines is 1. The van der Waals surface area contributed by atoms with Crippen LogP contribution in [0.5, 0.6) is 11.5 Å². The molecular weight excluding hydrogens is 316 g/mol. The number of carbonyl (C=O) groups excluding carboxylic acids is 1. The number of aryl methyl sites for hydroxylation is 2. The number of nitrogens with one attached hydrogen (secondary N) is 2. The lowest BCUT2D eigenvalue weighted by molar-refractivity contribution is 0.234. The fraction of sp³-hybridized carbons (Fsp3) is 0.235. The van der Waals surface area contributed by atoms with Crippen LogP contribution < -0.4 is 20.1 Å². The number of halogens is 1. The minimum absolute atomic E-state index is 0.0677. The van der Waals surface area contributed by atoms with Crippen molar-refractivity contribution < 1.29 is 14.3 Å². The van der Waals surface area contributed by atoms with Crippen molar-refractivity contribution in [3.63, 3.8) is 0 Å². The lowest BCUT2D eigenvalue weighted by atomic mass is 10.1. The van der Waals surface area contributed by atoms with Crippen LogP contribution in [0.2, 0.25) is 5.02 Å². The first-order valence-electron chi connectivity index (χ1n) is 7.08. The monoisotopic (exact) mass is 334 g/mol. The summed E-state index contributed by atoms with van der Waals surface area (Å²) in [6, 6.07) is 10.4. The first-order chi connectivity index (χ1) is 11.0. The first-order valence-corrected chi connectivity index (χ1v) is 7.46. The number of hydrogen-bond donors (Lipinski definition) is 2. The van der Waals surface area contributed by atoms with Crippen LogP contribution in [0.25, 0.3) is 0 Å². The van der Waals surface area contributed by atoms with Crippen LogP contribution in [-0.2, 0) is 0 Å². The molecule has 2 aromatic rings. The van der Waals surface area contributed by atoms with Crippen molar-refractivity contribution in [3.8, 4) is 11.5 Å². The van der Waals surface area contributed by atoms with Crippen LogP contribution in [0.3, 0.4) is 0 Å². The second kappa shape index (κ2) is 7.74.